The SMILES string of the molecule is Cc1cccc(OCCC(=O)N2C[C@@H](CN)[C@H](c3ccccc3)C2)c1. The number of carbonyl (C=O) groups excluding carboxylic acids is 1. The Labute approximate surface area is 149 Å². The summed E-state index contributed by atoms with van der Waals surface area (Å²) in [4.78, 5) is 14.5. The van der Waals surface area contributed by atoms with Gasteiger partial charge in [-0.25, -0.2) is 0 Å². The van der Waals surface area contributed by atoms with Crippen LogP contribution in [0.1, 0.15) is 23.5 Å². The quantitative estimate of drug-likeness (QED) is 0.881. The highest BCUT2D eigenvalue weighted by atomic mass is 16.5. The van der Waals surface area contributed by atoms with Gasteiger partial charge in [0.25, 0.3) is 0 Å². The first-order valence-corrected chi connectivity index (χ1v) is 8.89. The summed E-state index contributed by atoms with van der Waals surface area (Å²) in [7, 11) is 0. The van der Waals surface area contributed by atoms with E-state index in [1.54, 1.807) is 0 Å². The van der Waals surface area contributed by atoms with Gasteiger partial charge < -0.3 is 15.4 Å². The van der Waals surface area contributed by atoms with Crippen LogP contribution in [0, 0.1) is 12.8 Å². The smallest absolute Gasteiger partial charge is 0.226 e. The molecule has 0 aliphatic carbocycles. The van der Waals surface area contributed by atoms with Gasteiger partial charge in [-0.3, -0.25) is 4.79 Å². The number of nitrogens with zero attached hydrogens (tertiary/aromatic N) is 1. The molecule has 1 heterocycles. The van der Waals surface area contributed by atoms with E-state index in [0.717, 1.165) is 24.4 Å². The van der Waals surface area contributed by atoms with Gasteiger partial charge in [0.05, 0.1) is 13.0 Å². The Balaban J connectivity index is 1.54. The number of nitrogens with two attached hydrogens (primary N) is 1. The molecule has 0 bridgehead atoms. The summed E-state index contributed by atoms with van der Waals surface area (Å²) in [5.41, 5.74) is 8.37. The lowest BCUT2D eigenvalue weighted by atomic mass is 9.89. The minimum Gasteiger partial charge on any atom is -0.493 e. The number of hydrogen-bond acceptors (Lipinski definition) is 3. The first-order chi connectivity index (χ1) is 12.2. The van der Waals surface area contributed by atoms with E-state index in [0.29, 0.717) is 31.4 Å². The third-order valence-corrected chi connectivity index (χ3v) is 4.90. The van der Waals surface area contributed by atoms with E-state index >= 15 is 0 Å². The van der Waals surface area contributed by atoms with Crippen LogP contribution in [0.2, 0.25) is 0 Å². The molecule has 0 unspecified atom stereocenters. The highest BCUT2D eigenvalue weighted by molar-refractivity contribution is 5.76. The summed E-state index contributed by atoms with van der Waals surface area (Å²) in [6, 6.07) is 18.2. The number of ether oxygens (including phenoxy) is 1. The van der Waals surface area contributed by atoms with Gasteiger partial charge >= 0.3 is 0 Å². The van der Waals surface area contributed by atoms with Crippen molar-refractivity contribution in [1.29, 1.82) is 0 Å². The molecule has 1 saturated heterocycles. The molecule has 2 aromatic rings. The van der Waals surface area contributed by atoms with Crippen LogP contribution >= 0.6 is 0 Å². The van der Waals surface area contributed by atoms with Gasteiger partial charge in [-0.15, -0.1) is 0 Å². The van der Waals surface area contributed by atoms with Crippen molar-refractivity contribution in [3.63, 3.8) is 0 Å². The molecule has 1 aliphatic heterocycles. The third kappa shape index (κ3) is 4.40. The molecule has 3 rings (SSSR count). The van der Waals surface area contributed by atoms with Gasteiger partial charge in [-0.1, -0.05) is 42.5 Å². The van der Waals surface area contributed by atoms with Gasteiger partial charge in [0.1, 0.15) is 5.75 Å². The lowest BCUT2D eigenvalue weighted by molar-refractivity contribution is -0.130. The molecule has 1 aliphatic rings. The normalized spacial score (nSPS) is 19.8. The number of rotatable bonds is 6. The predicted octanol–water partition coefficient (Wildman–Crippen LogP) is 2.96. The zero-order valence-electron chi connectivity index (χ0n) is 14.7. The maximum atomic E-state index is 12.5. The van der Waals surface area contributed by atoms with Crippen LogP contribution in [0.3, 0.4) is 0 Å². The second-order valence-electron chi connectivity index (χ2n) is 6.73. The van der Waals surface area contributed by atoms with Gasteiger partial charge in [0.15, 0.2) is 0 Å². The molecular weight excluding hydrogens is 312 g/mol. The third-order valence-electron chi connectivity index (χ3n) is 4.90. The van der Waals surface area contributed by atoms with Crippen LogP contribution in [0.5, 0.6) is 5.75 Å². The molecule has 2 N–H and O–H groups in total. The predicted molar refractivity (Wildman–Crippen MR) is 99.6 cm³/mol. The molecule has 4 nitrogen and oxygen atoms in total. The van der Waals surface area contributed by atoms with E-state index in [-0.39, 0.29) is 5.91 Å². The molecule has 1 fully saturated rings. The Morgan fingerprint density at radius 1 is 1.16 bits per heavy atom. The fourth-order valence-electron chi connectivity index (χ4n) is 3.51. The van der Waals surface area contributed by atoms with Crippen molar-refractivity contribution in [3.05, 3.63) is 65.7 Å². The second-order valence-corrected chi connectivity index (χ2v) is 6.73. The molecule has 2 aromatic carbocycles. The summed E-state index contributed by atoms with van der Waals surface area (Å²) in [5, 5.41) is 0. The molecule has 0 radical (unpaired) electrons. The van der Waals surface area contributed by atoms with Crippen molar-refractivity contribution in [2.75, 3.05) is 26.2 Å². The van der Waals surface area contributed by atoms with Crippen molar-refractivity contribution in [2.45, 2.75) is 19.3 Å². The lowest BCUT2D eigenvalue weighted by Gasteiger charge is -2.17. The molecule has 0 spiro atoms. The van der Waals surface area contributed by atoms with Crippen molar-refractivity contribution in [3.8, 4) is 5.75 Å². The standard InChI is InChI=1S/C21H26N2O2/c1-16-6-5-9-19(12-16)25-11-10-21(24)23-14-18(13-22)20(15-23)17-7-3-2-4-8-17/h2-9,12,18,20H,10-11,13-15,22H2,1H3/t18-,20+/m1/s1. The number of aryl methyl sites for hydroxylation is 1. The second kappa shape index (κ2) is 8.17. The Kier molecular flexibility index (Phi) is 5.71. The Morgan fingerprint density at radius 3 is 2.68 bits per heavy atom. The minimum atomic E-state index is 0.143. The number of likely N-dealkylation sites (tertiary alicyclic amines) is 1. The Bertz CT molecular complexity index is 702. The van der Waals surface area contributed by atoms with Crippen molar-refractivity contribution in [2.24, 2.45) is 11.7 Å². The van der Waals surface area contributed by atoms with Crippen LogP contribution < -0.4 is 10.5 Å². The first-order valence-electron chi connectivity index (χ1n) is 8.89. The first kappa shape index (κ1) is 17.5. The Morgan fingerprint density at radius 2 is 1.96 bits per heavy atom. The monoisotopic (exact) mass is 338 g/mol. The average molecular weight is 338 g/mol. The zero-order chi connectivity index (χ0) is 17.6. The van der Waals surface area contributed by atoms with Gasteiger partial charge in [-0.2, -0.15) is 0 Å². The summed E-state index contributed by atoms with van der Waals surface area (Å²) in [6.07, 6.45) is 0.396. The molecule has 1 amide bonds. The number of hydrogen-bond donors (Lipinski definition) is 1. The van der Waals surface area contributed by atoms with E-state index in [9.17, 15) is 4.79 Å². The van der Waals surface area contributed by atoms with E-state index in [4.69, 9.17) is 10.5 Å². The summed E-state index contributed by atoms with van der Waals surface area (Å²) in [5.74, 6) is 1.61. The van der Waals surface area contributed by atoms with Gasteiger partial charge in [0.2, 0.25) is 5.91 Å². The van der Waals surface area contributed by atoms with Crippen LogP contribution in [0.25, 0.3) is 0 Å². The number of benzene rings is 2. The Hall–Kier alpha value is -2.33. The van der Waals surface area contributed by atoms with E-state index in [2.05, 4.69) is 12.1 Å². The molecule has 25 heavy (non-hydrogen) atoms. The summed E-state index contributed by atoms with van der Waals surface area (Å²) >= 11 is 0. The zero-order valence-corrected chi connectivity index (χ0v) is 14.7. The highest BCUT2D eigenvalue weighted by Gasteiger charge is 2.34. The van der Waals surface area contributed by atoms with Crippen molar-refractivity contribution >= 4 is 5.91 Å². The fourth-order valence-corrected chi connectivity index (χ4v) is 3.51. The topological polar surface area (TPSA) is 55.6 Å². The molecule has 0 aromatic heterocycles. The van der Waals surface area contributed by atoms with E-state index < -0.39 is 0 Å². The summed E-state index contributed by atoms with van der Waals surface area (Å²) in [6.45, 7) is 4.51. The largest absolute Gasteiger partial charge is 0.493 e. The van der Waals surface area contributed by atoms with E-state index in [1.165, 1.54) is 5.56 Å². The maximum Gasteiger partial charge on any atom is 0.226 e. The number of carbonyl (C=O) groups is 1. The highest BCUT2D eigenvalue weighted by Crippen LogP contribution is 2.32. The van der Waals surface area contributed by atoms with Crippen molar-refractivity contribution < 1.29 is 9.53 Å². The van der Waals surface area contributed by atoms with Crippen LogP contribution in [0.15, 0.2) is 54.6 Å². The van der Waals surface area contributed by atoms with Crippen molar-refractivity contribution in [1.82, 2.24) is 4.90 Å². The molecular formula is C21H26N2O2. The molecule has 4 heteroatoms. The maximum absolute atomic E-state index is 12.5. The minimum absolute atomic E-state index is 0.143. The van der Waals surface area contributed by atoms with Crippen LogP contribution in [-0.4, -0.2) is 37.0 Å². The molecule has 132 valence electrons. The summed E-state index contributed by atoms with van der Waals surface area (Å²) < 4.78 is 5.71. The lowest BCUT2D eigenvalue weighted by Crippen LogP contribution is -2.30. The van der Waals surface area contributed by atoms with Gasteiger partial charge in [-0.05, 0) is 42.6 Å². The fraction of sp³-hybridized carbons (Fsp3) is 0.381. The number of amides is 1. The van der Waals surface area contributed by atoms with Gasteiger partial charge in [0, 0.05) is 19.0 Å². The van der Waals surface area contributed by atoms with E-state index in [1.807, 2.05) is 54.3 Å². The molecule has 2 atom stereocenters. The average Bonchev–Trinajstić information content (AvgIpc) is 3.07. The molecule has 0 saturated carbocycles. The van der Waals surface area contributed by atoms with Crippen LogP contribution in [-0.2, 0) is 4.79 Å². The van der Waals surface area contributed by atoms with Crippen LogP contribution in [0.4, 0.5) is 0 Å².